The average Bonchev–Trinajstić information content (AvgIpc) is 2.68. The van der Waals surface area contributed by atoms with E-state index in [0.717, 1.165) is 25.4 Å². The molecule has 1 aromatic rings. The topological polar surface area (TPSA) is 51.6 Å². The summed E-state index contributed by atoms with van der Waals surface area (Å²) in [6, 6.07) is 3.75. The average molecular weight is 224 g/mol. The highest BCUT2D eigenvalue weighted by Crippen LogP contribution is 2.16. The van der Waals surface area contributed by atoms with E-state index in [4.69, 9.17) is 14.9 Å². The zero-order valence-electron chi connectivity index (χ0n) is 9.93. The molecule has 2 N–H and O–H groups in total. The highest BCUT2D eigenvalue weighted by atomic mass is 16.5. The molecule has 2 heterocycles. The van der Waals surface area contributed by atoms with Crippen LogP contribution in [0.15, 0.2) is 22.8 Å². The number of hydrogen-bond acceptors (Lipinski definition) is 4. The van der Waals surface area contributed by atoms with Gasteiger partial charge in [-0.1, -0.05) is 0 Å². The molecule has 0 aliphatic carbocycles. The van der Waals surface area contributed by atoms with Crippen LogP contribution in [-0.2, 0) is 4.74 Å². The maximum absolute atomic E-state index is 6.08. The fourth-order valence-corrected chi connectivity index (χ4v) is 2.30. The van der Waals surface area contributed by atoms with Crippen LogP contribution in [0.25, 0.3) is 0 Å². The molecule has 2 rings (SSSR count). The molecular formula is C12H20N2O2. The molecule has 1 fully saturated rings. The Hall–Kier alpha value is -0.840. The summed E-state index contributed by atoms with van der Waals surface area (Å²) in [5.74, 6) is 0.854. The lowest BCUT2D eigenvalue weighted by atomic mass is 10.1. The number of nitrogens with zero attached hydrogens (tertiary/aromatic N) is 1. The van der Waals surface area contributed by atoms with Gasteiger partial charge in [0.05, 0.1) is 24.5 Å². The second kappa shape index (κ2) is 4.99. The first-order chi connectivity index (χ1) is 7.65. The van der Waals surface area contributed by atoms with Gasteiger partial charge in [0.25, 0.3) is 0 Å². The third-order valence-electron chi connectivity index (χ3n) is 2.86. The molecule has 0 spiro atoms. The van der Waals surface area contributed by atoms with Crippen LogP contribution < -0.4 is 5.73 Å². The van der Waals surface area contributed by atoms with E-state index in [1.807, 2.05) is 12.1 Å². The monoisotopic (exact) mass is 224 g/mol. The Labute approximate surface area is 96.4 Å². The van der Waals surface area contributed by atoms with Gasteiger partial charge in [0, 0.05) is 19.6 Å². The van der Waals surface area contributed by atoms with E-state index in [-0.39, 0.29) is 18.2 Å². The van der Waals surface area contributed by atoms with Crippen molar-refractivity contribution in [2.45, 2.75) is 32.1 Å². The number of furan rings is 1. The SMILES string of the molecule is CC1CN(CC(N)c2ccco2)CC(C)O1. The van der Waals surface area contributed by atoms with E-state index in [0.29, 0.717) is 0 Å². The van der Waals surface area contributed by atoms with Gasteiger partial charge in [-0.05, 0) is 26.0 Å². The molecule has 3 atom stereocenters. The van der Waals surface area contributed by atoms with E-state index < -0.39 is 0 Å². The Morgan fingerprint density at radius 3 is 2.69 bits per heavy atom. The molecule has 16 heavy (non-hydrogen) atoms. The van der Waals surface area contributed by atoms with Crippen molar-refractivity contribution >= 4 is 0 Å². The molecule has 1 saturated heterocycles. The summed E-state index contributed by atoms with van der Waals surface area (Å²) in [6.45, 7) is 6.91. The van der Waals surface area contributed by atoms with Gasteiger partial charge in [-0.2, -0.15) is 0 Å². The number of hydrogen-bond donors (Lipinski definition) is 1. The van der Waals surface area contributed by atoms with E-state index >= 15 is 0 Å². The Kier molecular flexibility index (Phi) is 3.63. The molecule has 0 amide bonds. The summed E-state index contributed by atoms with van der Waals surface area (Å²) in [4.78, 5) is 2.34. The molecule has 1 aromatic heterocycles. The smallest absolute Gasteiger partial charge is 0.121 e. The van der Waals surface area contributed by atoms with Crippen LogP contribution in [-0.4, -0.2) is 36.7 Å². The minimum atomic E-state index is -0.0486. The third-order valence-corrected chi connectivity index (χ3v) is 2.86. The van der Waals surface area contributed by atoms with E-state index in [9.17, 15) is 0 Å². The second-order valence-electron chi connectivity index (χ2n) is 4.60. The van der Waals surface area contributed by atoms with Crippen molar-refractivity contribution in [3.63, 3.8) is 0 Å². The predicted octanol–water partition coefficient (Wildman–Crippen LogP) is 1.39. The van der Waals surface area contributed by atoms with E-state index in [2.05, 4.69) is 18.7 Å². The molecule has 90 valence electrons. The molecule has 4 heteroatoms. The van der Waals surface area contributed by atoms with Gasteiger partial charge in [0.15, 0.2) is 0 Å². The van der Waals surface area contributed by atoms with Crippen LogP contribution in [0, 0.1) is 0 Å². The molecule has 1 aliphatic heterocycles. The maximum atomic E-state index is 6.08. The predicted molar refractivity (Wildman–Crippen MR) is 62.1 cm³/mol. The van der Waals surface area contributed by atoms with Gasteiger partial charge < -0.3 is 14.9 Å². The van der Waals surface area contributed by atoms with Gasteiger partial charge in [0.1, 0.15) is 5.76 Å². The van der Waals surface area contributed by atoms with Crippen LogP contribution in [0.4, 0.5) is 0 Å². The Bertz CT molecular complexity index is 303. The van der Waals surface area contributed by atoms with Crippen molar-refractivity contribution in [3.8, 4) is 0 Å². The first kappa shape index (κ1) is 11.6. The molecular weight excluding hydrogens is 204 g/mol. The number of morpholine rings is 1. The second-order valence-corrected chi connectivity index (χ2v) is 4.60. The molecule has 0 bridgehead atoms. The maximum Gasteiger partial charge on any atom is 0.121 e. The van der Waals surface area contributed by atoms with Crippen molar-refractivity contribution in [1.82, 2.24) is 4.90 Å². The van der Waals surface area contributed by atoms with Gasteiger partial charge in [0.2, 0.25) is 0 Å². The molecule has 4 nitrogen and oxygen atoms in total. The van der Waals surface area contributed by atoms with Crippen LogP contribution >= 0.6 is 0 Å². The highest BCUT2D eigenvalue weighted by Gasteiger charge is 2.24. The van der Waals surface area contributed by atoms with Crippen molar-refractivity contribution in [2.75, 3.05) is 19.6 Å². The fourth-order valence-electron chi connectivity index (χ4n) is 2.30. The molecule has 3 unspecified atom stereocenters. The quantitative estimate of drug-likeness (QED) is 0.843. The first-order valence-electron chi connectivity index (χ1n) is 5.82. The molecule has 0 radical (unpaired) electrons. The summed E-state index contributed by atoms with van der Waals surface area (Å²) in [6.07, 6.45) is 2.24. The van der Waals surface area contributed by atoms with Crippen LogP contribution in [0.3, 0.4) is 0 Å². The van der Waals surface area contributed by atoms with Gasteiger partial charge in [-0.15, -0.1) is 0 Å². The number of nitrogens with two attached hydrogens (primary N) is 1. The fraction of sp³-hybridized carbons (Fsp3) is 0.667. The lowest BCUT2D eigenvalue weighted by Gasteiger charge is -2.36. The van der Waals surface area contributed by atoms with E-state index in [1.54, 1.807) is 6.26 Å². The van der Waals surface area contributed by atoms with Crippen molar-refractivity contribution in [3.05, 3.63) is 24.2 Å². The highest BCUT2D eigenvalue weighted by molar-refractivity contribution is 5.04. The largest absolute Gasteiger partial charge is 0.468 e. The normalized spacial score (nSPS) is 29.2. The summed E-state index contributed by atoms with van der Waals surface area (Å²) >= 11 is 0. The van der Waals surface area contributed by atoms with Crippen molar-refractivity contribution in [2.24, 2.45) is 5.73 Å². The zero-order chi connectivity index (χ0) is 11.5. The standard InChI is InChI=1S/C12H20N2O2/c1-9-6-14(7-10(2)16-9)8-11(13)12-4-3-5-15-12/h3-5,9-11H,6-8,13H2,1-2H3. The van der Waals surface area contributed by atoms with Crippen LogP contribution in [0.5, 0.6) is 0 Å². The first-order valence-corrected chi connectivity index (χ1v) is 5.82. The Balaban J connectivity index is 1.89. The van der Waals surface area contributed by atoms with Crippen molar-refractivity contribution < 1.29 is 9.15 Å². The summed E-state index contributed by atoms with van der Waals surface area (Å²) in [7, 11) is 0. The van der Waals surface area contributed by atoms with Gasteiger partial charge >= 0.3 is 0 Å². The molecule has 1 aliphatic rings. The van der Waals surface area contributed by atoms with Crippen molar-refractivity contribution in [1.29, 1.82) is 0 Å². The minimum Gasteiger partial charge on any atom is -0.468 e. The summed E-state index contributed by atoms with van der Waals surface area (Å²) in [5.41, 5.74) is 6.08. The van der Waals surface area contributed by atoms with Gasteiger partial charge in [-0.25, -0.2) is 0 Å². The Morgan fingerprint density at radius 1 is 1.44 bits per heavy atom. The van der Waals surface area contributed by atoms with Crippen LogP contribution in [0.1, 0.15) is 25.6 Å². The minimum absolute atomic E-state index is 0.0486. The lowest BCUT2D eigenvalue weighted by Crippen LogP contribution is -2.47. The third kappa shape index (κ3) is 2.84. The van der Waals surface area contributed by atoms with Crippen LogP contribution in [0.2, 0.25) is 0 Å². The lowest BCUT2D eigenvalue weighted by molar-refractivity contribution is -0.0695. The molecule has 0 aromatic carbocycles. The number of ether oxygens (including phenoxy) is 1. The Morgan fingerprint density at radius 2 is 2.12 bits per heavy atom. The summed E-state index contributed by atoms with van der Waals surface area (Å²) < 4.78 is 11.0. The number of rotatable bonds is 3. The zero-order valence-corrected chi connectivity index (χ0v) is 9.93. The molecule has 0 saturated carbocycles. The van der Waals surface area contributed by atoms with Gasteiger partial charge in [-0.3, -0.25) is 4.90 Å². The summed E-state index contributed by atoms with van der Waals surface area (Å²) in [5, 5.41) is 0. The van der Waals surface area contributed by atoms with E-state index in [1.165, 1.54) is 0 Å².